The minimum Gasteiger partial charge on any atom is -0.494 e. The average molecular weight is 413 g/mol. The van der Waals surface area contributed by atoms with E-state index in [-0.39, 0.29) is 13.0 Å². The molecule has 0 atom stereocenters. The Balaban J connectivity index is 1.49. The first-order valence-corrected chi connectivity index (χ1v) is 10.6. The van der Waals surface area contributed by atoms with Crippen molar-refractivity contribution in [3.05, 3.63) is 45.8 Å². The first kappa shape index (κ1) is 20.9. The SMILES string of the molecule is CCOc1ccccc1CCC(=O)OCC(=O)Nc1sc2c(c1C#N)CCCC2. The van der Waals surface area contributed by atoms with E-state index in [1.165, 1.54) is 16.2 Å². The number of nitrogens with zero attached hydrogens (tertiary/aromatic N) is 1. The molecular formula is C22H24N2O4S. The quantitative estimate of drug-likeness (QED) is 0.662. The largest absolute Gasteiger partial charge is 0.494 e. The Morgan fingerprint density at radius 2 is 2.03 bits per heavy atom. The number of benzene rings is 1. The van der Waals surface area contributed by atoms with Crippen LogP contribution in [-0.4, -0.2) is 25.1 Å². The number of para-hydroxylation sites is 1. The van der Waals surface area contributed by atoms with Gasteiger partial charge in [0, 0.05) is 11.3 Å². The first-order chi connectivity index (χ1) is 14.1. The molecule has 1 aliphatic carbocycles. The van der Waals surface area contributed by atoms with E-state index in [0.717, 1.165) is 42.6 Å². The van der Waals surface area contributed by atoms with Crippen molar-refractivity contribution < 1.29 is 19.1 Å². The van der Waals surface area contributed by atoms with Crippen LogP contribution < -0.4 is 10.1 Å². The summed E-state index contributed by atoms with van der Waals surface area (Å²) in [5, 5.41) is 12.7. The first-order valence-electron chi connectivity index (χ1n) is 9.83. The van der Waals surface area contributed by atoms with Gasteiger partial charge in [-0.3, -0.25) is 9.59 Å². The van der Waals surface area contributed by atoms with Gasteiger partial charge < -0.3 is 14.8 Å². The molecule has 0 aliphatic heterocycles. The molecule has 0 radical (unpaired) electrons. The third kappa shape index (κ3) is 5.36. The standard InChI is InChI=1S/C22H24N2O4S/c1-2-27-18-9-5-3-7-15(18)11-12-21(26)28-14-20(25)24-22-17(13-23)16-8-4-6-10-19(16)29-22/h3,5,7,9H,2,4,6,8,10-12,14H2,1H3,(H,24,25). The number of nitriles is 1. The molecule has 1 aromatic carbocycles. The average Bonchev–Trinajstić information content (AvgIpc) is 3.08. The smallest absolute Gasteiger partial charge is 0.306 e. The highest BCUT2D eigenvalue weighted by Crippen LogP contribution is 2.37. The normalized spacial score (nSPS) is 12.6. The Bertz CT molecular complexity index is 929. The summed E-state index contributed by atoms with van der Waals surface area (Å²) in [5.74, 6) is -0.119. The third-order valence-corrected chi connectivity index (χ3v) is 5.98. The number of ether oxygens (including phenoxy) is 2. The lowest BCUT2D eigenvalue weighted by atomic mass is 9.96. The van der Waals surface area contributed by atoms with E-state index >= 15 is 0 Å². The molecule has 0 fully saturated rings. The number of fused-ring (bicyclic) bond motifs is 1. The zero-order valence-corrected chi connectivity index (χ0v) is 17.3. The van der Waals surface area contributed by atoms with Crippen LogP contribution in [0.5, 0.6) is 5.75 Å². The van der Waals surface area contributed by atoms with Gasteiger partial charge in [-0.15, -0.1) is 11.3 Å². The number of hydrogen-bond donors (Lipinski definition) is 1. The minimum atomic E-state index is -0.447. The second-order valence-corrected chi connectivity index (χ2v) is 7.88. The maximum absolute atomic E-state index is 12.2. The number of carbonyl (C=O) groups excluding carboxylic acids is 2. The summed E-state index contributed by atoms with van der Waals surface area (Å²) < 4.78 is 10.7. The summed E-state index contributed by atoms with van der Waals surface area (Å²) in [6.07, 6.45) is 4.64. The number of esters is 1. The van der Waals surface area contributed by atoms with Crippen molar-refractivity contribution in [1.82, 2.24) is 0 Å². The van der Waals surface area contributed by atoms with E-state index in [1.54, 1.807) is 0 Å². The summed E-state index contributed by atoms with van der Waals surface area (Å²) in [4.78, 5) is 25.4. The fourth-order valence-electron chi connectivity index (χ4n) is 3.40. The van der Waals surface area contributed by atoms with Gasteiger partial charge in [0.2, 0.25) is 0 Å². The molecule has 29 heavy (non-hydrogen) atoms. The molecule has 0 bridgehead atoms. The highest BCUT2D eigenvalue weighted by Gasteiger charge is 2.22. The second kappa shape index (κ2) is 10.1. The Labute approximate surface area is 174 Å². The van der Waals surface area contributed by atoms with Crippen LogP contribution in [0.2, 0.25) is 0 Å². The van der Waals surface area contributed by atoms with Gasteiger partial charge in [-0.05, 0) is 56.2 Å². The topological polar surface area (TPSA) is 88.4 Å². The van der Waals surface area contributed by atoms with Crippen LogP contribution in [0.3, 0.4) is 0 Å². The van der Waals surface area contributed by atoms with E-state index in [1.807, 2.05) is 31.2 Å². The van der Waals surface area contributed by atoms with Crippen LogP contribution in [0.4, 0.5) is 5.00 Å². The van der Waals surface area contributed by atoms with Crippen molar-refractivity contribution in [2.24, 2.45) is 0 Å². The number of rotatable bonds is 8. The Kier molecular flexibility index (Phi) is 7.25. The Morgan fingerprint density at radius 1 is 1.24 bits per heavy atom. The fourth-order valence-corrected chi connectivity index (χ4v) is 4.65. The van der Waals surface area contributed by atoms with Crippen LogP contribution >= 0.6 is 11.3 Å². The van der Waals surface area contributed by atoms with Crippen molar-refractivity contribution in [3.63, 3.8) is 0 Å². The number of anilines is 1. The van der Waals surface area contributed by atoms with Gasteiger partial charge in [-0.25, -0.2) is 0 Å². The molecule has 1 heterocycles. The van der Waals surface area contributed by atoms with Crippen molar-refractivity contribution >= 4 is 28.2 Å². The summed E-state index contributed by atoms with van der Waals surface area (Å²) in [6.45, 7) is 2.10. The van der Waals surface area contributed by atoms with Gasteiger partial charge in [0.1, 0.15) is 16.8 Å². The molecular weight excluding hydrogens is 388 g/mol. The molecule has 6 nitrogen and oxygen atoms in total. The molecule has 1 amide bonds. The van der Waals surface area contributed by atoms with E-state index in [4.69, 9.17) is 9.47 Å². The molecule has 0 saturated carbocycles. The molecule has 1 aromatic heterocycles. The predicted octanol–water partition coefficient (Wildman–Crippen LogP) is 4.01. The molecule has 3 rings (SSSR count). The Morgan fingerprint density at radius 3 is 2.83 bits per heavy atom. The second-order valence-electron chi connectivity index (χ2n) is 6.78. The number of nitrogens with one attached hydrogen (secondary N) is 1. The van der Waals surface area contributed by atoms with E-state index in [9.17, 15) is 14.9 Å². The van der Waals surface area contributed by atoms with Gasteiger partial charge in [0.05, 0.1) is 12.2 Å². The van der Waals surface area contributed by atoms with Crippen LogP contribution in [0.25, 0.3) is 0 Å². The fraction of sp³-hybridized carbons (Fsp3) is 0.409. The summed E-state index contributed by atoms with van der Waals surface area (Å²) in [7, 11) is 0. The summed E-state index contributed by atoms with van der Waals surface area (Å²) in [6, 6.07) is 9.76. The van der Waals surface area contributed by atoms with Gasteiger partial charge in [0.15, 0.2) is 6.61 Å². The third-order valence-electron chi connectivity index (χ3n) is 4.77. The molecule has 7 heteroatoms. The molecule has 0 unspecified atom stereocenters. The number of carbonyl (C=O) groups is 2. The van der Waals surface area contributed by atoms with Gasteiger partial charge >= 0.3 is 5.97 Å². The lowest BCUT2D eigenvalue weighted by Gasteiger charge is -2.10. The number of amides is 1. The maximum Gasteiger partial charge on any atom is 0.306 e. The lowest BCUT2D eigenvalue weighted by molar-refractivity contribution is -0.147. The van der Waals surface area contributed by atoms with Crippen molar-refractivity contribution in [3.8, 4) is 11.8 Å². The maximum atomic E-state index is 12.2. The molecule has 152 valence electrons. The Hall–Kier alpha value is -2.85. The van der Waals surface area contributed by atoms with Gasteiger partial charge in [-0.2, -0.15) is 5.26 Å². The predicted molar refractivity (Wildman–Crippen MR) is 111 cm³/mol. The number of hydrogen-bond acceptors (Lipinski definition) is 6. The molecule has 1 aliphatic rings. The number of aryl methyl sites for hydroxylation is 2. The zero-order valence-electron chi connectivity index (χ0n) is 16.5. The minimum absolute atomic E-state index is 0.161. The van der Waals surface area contributed by atoms with Crippen LogP contribution in [0.1, 0.15) is 47.8 Å². The monoisotopic (exact) mass is 412 g/mol. The van der Waals surface area contributed by atoms with Gasteiger partial charge in [-0.1, -0.05) is 18.2 Å². The van der Waals surface area contributed by atoms with Crippen molar-refractivity contribution in [1.29, 1.82) is 5.26 Å². The zero-order chi connectivity index (χ0) is 20.6. The number of thiophene rings is 1. The highest BCUT2D eigenvalue weighted by molar-refractivity contribution is 7.16. The van der Waals surface area contributed by atoms with E-state index < -0.39 is 11.9 Å². The summed E-state index contributed by atoms with van der Waals surface area (Å²) in [5.41, 5.74) is 2.54. The van der Waals surface area contributed by atoms with Gasteiger partial charge in [0.25, 0.3) is 5.91 Å². The van der Waals surface area contributed by atoms with Crippen LogP contribution in [-0.2, 0) is 33.6 Å². The van der Waals surface area contributed by atoms with Crippen molar-refractivity contribution in [2.45, 2.75) is 45.4 Å². The van der Waals surface area contributed by atoms with Crippen LogP contribution in [0.15, 0.2) is 24.3 Å². The van der Waals surface area contributed by atoms with Crippen molar-refractivity contribution in [2.75, 3.05) is 18.5 Å². The van der Waals surface area contributed by atoms with E-state index in [2.05, 4.69) is 11.4 Å². The van der Waals surface area contributed by atoms with E-state index in [0.29, 0.717) is 23.6 Å². The molecule has 1 N–H and O–H groups in total. The lowest BCUT2D eigenvalue weighted by Crippen LogP contribution is -2.21. The van der Waals surface area contributed by atoms with Crippen LogP contribution in [0, 0.1) is 11.3 Å². The molecule has 0 spiro atoms. The summed E-state index contributed by atoms with van der Waals surface area (Å²) >= 11 is 1.45. The molecule has 2 aromatic rings. The highest BCUT2D eigenvalue weighted by atomic mass is 32.1. The molecule has 0 saturated heterocycles.